The van der Waals surface area contributed by atoms with Crippen LogP contribution < -0.4 is 5.32 Å². The van der Waals surface area contributed by atoms with E-state index < -0.39 is 0 Å². The molecule has 0 rings (SSSR count). The van der Waals surface area contributed by atoms with Crippen molar-refractivity contribution >= 4 is 0 Å². The number of nitrogens with zero attached hydrogens (tertiary/aromatic N) is 1. The molecule has 92 valence electrons. The first-order valence-electron chi connectivity index (χ1n) is 6.09. The van der Waals surface area contributed by atoms with Crippen LogP contribution in [-0.2, 0) is 0 Å². The Morgan fingerprint density at radius 3 is 2.00 bits per heavy atom. The van der Waals surface area contributed by atoms with Gasteiger partial charge < -0.3 is 10.2 Å². The van der Waals surface area contributed by atoms with Crippen molar-refractivity contribution in [3.05, 3.63) is 0 Å². The van der Waals surface area contributed by atoms with Crippen molar-refractivity contribution < 1.29 is 0 Å². The topological polar surface area (TPSA) is 15.3 Å². The molecule has 0 aliphatic carbocycles. The number of nitrogens with one attached hydrogen (secondary N) is 1. The molecule has 0 aliphatic rings. The van der Waals surface area contributed by atoms with E-state index in [9.17, 15) is 0 Å². The predicted octanol–water partition coefficient (Wildman–Crippen LogP) is 2.60. The van der Waals surface area contributed by atoms with Gasteiger partial charge in [0.05, 0.1) is 0 Å². The average molecular weight is 214 g/mol. The van der Waals surface area contributed by atoms with Crippen LogP contribution in [0.3, 0.4) is 0 Å². The molecule has 0 saturated heterocycles. The highest BCUT2D eigenvalue weighted by molar-refractivity contribution is 4.75. The smallest absolute Gasteiger partial charge is 0.0197 e. The summed E-state index contributed by atoms with van der Waals surface area (Å²) in [6, 6.07) is 0.624. The molecule has 0 aliphatic heterocycles. The highest BCUT2D eigenvalue weighted by atomic mass is 15.1. The molecular weight excluding hydrogens is 184 g/mol. The monoisotopic (exact) mass is 214 g/mol. The quantitative estimate of drug-likeness (QED) is 0.731. The fraction of sp³-hybridized carbons (Fsp3) is 1.00. The van der Waals surface area contributed by atoms with E-state index in [4.69, 9.17) is 0 Å². The lowest BCUT2D eigenvalue weighted by Crippen LogP contribution is -2.42. The number of hydrogen-bond donors (Lipinski definition) is 1. The fourth-order valence-corrected chi connectivity index (χ4v) is 1.68. The Bertz CT molecular complexity index is 146. The summed E-state index contributed by atoms with van der Waals surface area (Å²) in [7, 11) is 4.29. The van der Waals surface area contributed by atoms with Gasteiger partial charge in [-0.15, -0.1) is 0 Å². The van der Waals surface area contributed by atoms with Crippen LogP contribution in [0.5, 0.6) is 0 Å². The van der Waals surface area contributed by atoms with Gasteiger partial charge in [-0.1, -0.05) is 34.6 Å². The molecule has 0 bridgehead atoms. The third kappa shape index (κ3) is 10.2. The van der Waals surface area contributed by atoms with Crippen LogP contribution in [0.4, 0.5) is 0 Å². The highest BCUT2D eigenvalue weighted by Crippen LogP contribution is 2.12. The van der Waals surface area contributed by atoms with Gasteiger partial charge >= 0.3 is 0 Å². The van der Waals surface area contributed by atoms with E-state index in [0.29, 0.717) is 11.5 Å². The van der Waals surface area contributed by atoms with Gasteiger partial charge in [0.25, 0.3) is 0 Å². The summed E-state index contributed by atoms with van der Waals surface area (Å²) in [5.41, 5.74) is 0.377. The lowest BCUT2D eigenvalue weighted by atomic mass is 9.95. The molecule has 0 heterocycles. The van der Waals surface area contributed by atoms with E-state index in [1.165, 1.54) is 6.42 Å². The minimum absolute atomic E-state index is 0.377. The van der Waals surface area contributed by atoms with Gasteiger partial charge in [-0.25, -0.2) is 0 Å². The van der Waals surface area contributed by atoms with Crippen molar-refractivity contribution in [2.45, 2.75) is 47.1 Å². The van der Waals surface area contributed by atoms with E-state index in [2.05, 4.69) is 58.9 Å². The van der Waals surface area contributed by atoms with Gasteiger partial charge in [0.15, 0.2) is 0 Å². The van der Waals surface area contributed by atoms with E-state index in [1.807, 2.05) is 0 Å². The van der Waals surface area contributed by atoms with Crippen LogP contribution in [0.15, 0.2) is 0 Å². The van der Waals surface area contributed by atoms with Gasteiger partial charge in [0.1, 0.15) is 0 Å². The molecule has 0 saturated carbocycles. The maximum Gasteiger partial charge on any atom is 0.0197 e. The van der Waals surface area contributed by atoms with Crippen molar-refractivity contribution in [3.8, 4) is 0 Å². The molecule has 0 radical (unpaired) electrons. The third-order valence-electron chi connectivity index (χ3n) is 2.26. The second-order valence-electron chi connectivity index (χ2n) is 6.53. The summed E-state index contributed by atoms with van der Waals surface area (Å²) in [4.78, 5) is 2.27. The van der Waals surface area contributed by atoms with E-state index in [-0.39, 0.29) is 0 Å². The summed E-state index contributed by atoms with van der Waals surface area (Å²) in [6.45, 7) is 13.7. The lowest BCUT2D eigenvalue weighted by Gasteiger charge is -2.28. The molecule has 2 heteroatoms. The first-order chi connectivity index (χ1) is 6.70. The van der Waals surface area contributed by atoms with Crippen LogP contribution in [0.25, 0.3) is 0 Å². The number of rotatable bonds is 6. The molecule has 0 aromatic carbocycles. The van der Waals surface area contributed by atoms with Crippen molar-refractivity contribution in [3.63, 3.8) is 0 Å². The van der Waals surface area contributed by atoms with Crippen molar-refractivity contribution in [1.82, 2.24) is 10.2 Å². The Morgan fingerprint density at radius 1 is 1.13 bits per heavy atom. The van der Waals surface area contributed by atoms with Gasteiger partial charge in [0.2, 0.25) is 0 Å². The maximum absolute atomic E-state index is 3.68. The largest absolute Gasteiger partial charge is 0.312 e. The summed E-state index contributed by atoms with van der Waals surface area (Å²) >= 11 is 0. The average Bonchev–Trinajstić information content (AvgIpc) is 1.96. The van der Waals surface area contributed by atoms with Crippen molar-refractivity contribution in [2.24, 2.45) is 11.3 Å². The van der Waals surface area contributed by atoms with Gasteiger partial charge in [-0.2, -0.15) is 0 Å². The zero-order chi connectivity index (χ0) is 12.1. The van der Waals surface area contributed by atoms with Crippen molar-refractivity contribution in [2.75, 3.05) is 27.2 Å². The third-order valence-corrected chi connectivity index (χ3v) is 2.26. The molecule has 0 spiro atoms. The van der Waals surface area contributed by atoms with Gasteiger partial charge in [-0.3, -0.25) is 0 Å². The van der Waals surface area contributed by atoms with Gasteiger partial charge in [-0.05, 0) is 31.8 Å². The van der Waals surface area contributed by atoms with E-state index in [0.717, 1.165) is 19.0 Å². The second-order valence-corrected chi connectivity index (χ2v) is 6.53. The fourth-order valence-electron chi connectivity index (χ4n) is 1.68. The molecule has 0 fully saturated rings. The molecule has 1 N–H and O–H groups in total. The zero-order valence-corrected chi connectivity index (χ0v) is 11.7. The first kappa shape index (κ1) is 14.9. The van der Waals surface area contributed by atoms with Crippen molar-refractivity contribution in [1.29, 1.82) is 0 Å². The number of hydrogen-bond acceptors (Lipinski definition) is 2. The normalized spacial score (nSPS) is 15.0. The lowest BCUT2D eigenvalue weighted by molar-refractivity contribution is 0.274. The minimum atomic E-state index is 0.377. The van der Waals surface area contributed by atoms with Gasteiger partial charge in [0, 0.05) is 19.1 Å². The van der Waals surface area contributed by atoms with Crippen LogP contribution in [0.1, 0.15) is 41.0 Å². The molecule has 1 atom stereocenters. The SMILES string of the molecule is CC(C)CC(CN(C)C)NCC(C)(C)C. The summed E-state index contributed by atoms with van der Waals surface area (Å²) in [6.07, 6.45) is 1.26. The van der Waals surface area contributed by atoms with Crippen LogP contribution in [-0.4, -0.2) is 38.1 Å². The molecule has 15 heavy (non-hydrogen) atoms. The second kappa shape index (κ2) is 6.49. The van der Waals surface area contributed by atoms with Crippen LogP contribution >= 0.6 is 0 Å². The van der Waals surface area contributed by atoms with E-state index >= 15 is 0 Å². The van der Waals surface area contributed by atoms with Crippen LogP contribution in [0.2, 0.25) is 0 Å². The Balaban J connectivity index is 4.01. The molecule has 1 unspecified atom stereocenters. The minimum Gasteiger partial charge on any atom is -0.312 e. The van der Waals surface area contributed by atoms with Crippen LogP contribution in [0, 0.1) is 11.3 Å². The zero-order valence-electron chi connectivity index (χ0n) is 11.7. The molecular formula is C13H30N2. The predicted molar refractivity (Wildman–Crippen MR) is 69.3 cm³/mol. The number of likely N-dealkylation sites (N-methyl/N-ethyl adjacent to an activating group) is 1. The Morgan fingerprint density at radius 2 is 1.67 bits per heavy atom. The summed E-state index contributed by atoms with van der Waals surface area (Å²) in [5, 5.41) is 3.68. The molecule has 0 aromatic rings. The molecule has 2 nitrogen and oxygen atoms in total. The Hall–Kier alpha value is -0.0800. The highest BCUT2D eigenvalue weighted by Gasteiger charge is 2.15. The Kier molecular flexibility index (Phi) is 6.46. The standard InChI is InChI=1S/C13H30N2/c1-11(2)8-12(9-15(6)7)14-10-13(3,4)5/h11-12,14H,8-10H2,1-7H3. The first-order valence-corrected chi connectivity index (χ1v) is 6.09. The Labute approximate surface area is 96.4 Å². The van der Waals surface area contributed by atoms with E-state index in [1.54, 1.807) is 0 Å². The molecule has 0 amide bonds. The maximum atomic E-state index is 3.68. The summed E-state index contributed by atoms with van der Waals surface area (Å²) < 4.78 is 0. The summed E-state index contributed by atoms with van der Waals surface area (Å²) in [5.74, 6) is 0.766. The molecule has 0 aromatic heterocycles.